The Morgan fingerprint density at radius 1 is 1.24 bits per heavy atom. The Morgan fingerprint density at radius 3 is 2.56 bits per heavy atom. The average molecular weight is 469 g/mol. The van der Waals surface area contributed by atoms with Crippen molar-refractivity contribution in [3.63, 3.8) is 0 Å². The molecule has 0 aliphatic carbocycles. The first-order chi connectivity index (χ1) is 16.1. The third kappa shape index (κ3) is 4.05. The molecule has 2 amide bonds. The van der Waals surface area contributed by atoms with Crippen LogP contribution in [0, 0.1) is 11.3 Å². The van der Waals surface area contributed by atoms with Gasteiger partial charge in [0.2, 0.25) is 0 Å². The van der Waals surface area contributed by atoms with E-state index >= 15 is 0 Å². The maximum Gasteiger partial charge on any atom is 0.416 e. The summed E-state index contributed by atoms with van der Waals surface area (Å²) < 4.78 is 45.2. The van der Waals surface area contributed by atoms with Gasteiger partial charge in [0.1, 0.15) is 17.5 Å². The van der Waals surface area contributed by atoms with Gasteiger partial charge in [-0.25, -0.2) is 0 Å². The first-order valence-electron chi connectivity index (χ1n) is 10.1. The monoisotopic (exact) mass is 469 g/mol. The predicted molar refractivity (Wildman–Crippen MR) is 116 cm³/mol. The molecule has 0 fully saturated rings. The van der Waals surface area contributed by atoms with Gasteiger partial charge in [0.05, 0.1) is 36.0 Å². The smallest absolute Gasteiger partial charge is 0.416 e. The molecule has 11 heteroatoms. The minimum atomic E-state index is -4.49. The first-order valence-corrected chi connectivity index (χ1v) is 10.1. The van der Waals surface area contributed by atoms with Crippen molar-refractivity contribution in [1.29, 1.82) is 5.26 Å². The van der Waals surface area contributed by atoms with E-state index in [4.69, 9.17) is 4.74 Å². The minimum absolute atomic E-state index is 0.00258. The average Bonchev–Trinajstić information content (AvgIpc) is 3.27. The van der Waals surface area contributed by atoms with E-state index in [1.807, 2.05) is 6.07 Å². The standard InChI is InChI=1S/C23H18F3N5O3/c1-13-12-30(17-6-3-15(4-7-17)23(24,25)26)22(33)20-18(11-28-31(13)20)21(32)29-16-5-8-19(34-2)14(9-16)10-27/h3-9,11,13H,12H2,1-2H3,(H,29,32)/t13-/m0/s1. The van der Waals surface area contributed by atoms with Crippen LogP contribution in [0.2, 0.25) is 0 Å². The highest BCUT2D eigenvalue weighted by molar-refractivity contribution is 6.15. The van der Waals surface area contributed by atoms with Crippen LogP contribution in [0.4, 0.5) is 24.5 Å². The summed E-state index contributed by atoms with van der Waals surface area (Å²) in [7, 11) is 1.42. The first kappa shape index (κ1) is 22.8. The lowest BCUT2D eigenvalue weighted by Gasteiger charge is -2.32. The number of benzene rings is 2. The molecule has 1 aliphatic heterocycles. The number of fused-ring (bicyclic) bond motifs is 1. The summed E-state index contributed by atoms with van der Waals surface area (Å²) in [5.74, 6) is -0.835. The van der Waals surface area contributed by atoms with Crippen molar-refractivity contribution in [2.45, 2.75) is 19.1 Å². The molecule has 0 radical (unpaired) electrons. The molecule has 1 N–H and O–H groups in total. The van der Waals surface area contributed by atoms with Gasteiger partial charge < -0.3 is 15.0 Å². The van der Waals surface area contributed by atoms with Gasteiger partial charge >= 0.3 is 6.18 Å². The predicted octanol–water partition coefficient (Wildman–Crippen LogP) is 4.26. The van der Waals surface area contributed by atoms with E-state index in [2.05, 4.69) is 10.4 Å². The van der Waals surface area contributed by atoms with Gasteiger partial charge in [0, 0.05) is 17.9 Å². The number of hydrogen-bond donors (Lipinski definition) is 1. The normalized spacial score (nSPS) is 15.5. The Kier molecular flexibility index (Phi) is 5.75. The summed E-state index contributed by atoms with van der Waals surface area (Å²) in [6.07, 6.45) is -3.22. The number of anilines is 2. The maximum atomic E-state index is 13.3. The summed E-state index contributed by atoms with van der Waals surface area (Å²) in [4.78, 5) is 27.6. The van der Waals surface area contributed by atoms with E-state index in [1.165, 1.54) is 47.2 Å². The largest absolute Gasteiger partial charge is 0.495 e. The number of nitriles is 1. The Balaban J connectivity index is 1.63. The van der Waals surface area contributed by atoms with Crippen molar-refractivity contribution < 1.29 is 27.5 Å². The zero-order valence-corrected chi connectivity index (χ0v) is 18.1. The van der Waals surface area contributed by atoms with Crippen molar-refractivity contribution in [3.05, 3.63) is 71.0 Å². The maximum absolute atomic E-state index is 13.3. The zero-order chi connectivity index (χ0) is 24.6. The van der Waals surface area contributed by atoms with Crippen molar-refractivity contribution >= 4 is 23.2 Å². The molecule has 2 heterocycles. The summed E-state index contributed by atoms with van der Waals surface area (Å²) in [6, 6.07) is 10.4. The topological polar surface area (TPSA) is 100 Å². The van der Waals surface area contributed by atoms with Crippen LogP contribution < -0.4 is 15.0 Å². The molecule has 34 heavy (non-hydrogen) atoms. The second-order valence-corrected chi connectivity index (χ2v) is 7.64. The van der Waals surface area contributed by atoms with Crippen molar-refractivity contribution in [1.82, 2.24) is 9.78 Å². The van der Waals surface area contributed by atoms with Crippen LogP contribution in [0.25, 0.3) is 0 Å². The van der Waals surface area contributed by atoms with E-state index in [0.29, 0.717) is 11.4 Å². The van der Waals surface area contributed by atoms with Crippen LogP contribution in [0.3, 0.4) is 0 Å². The Morgan fingerprint density at radius 2 is 1.94 bits per heavy atom. The third-order valence-corrected chi connectivity index (χ3v) is 5.44. The SMILES string of the molecule is COc1ccc(NC(=O)c2cnn3c2C(=O)N(c2ccc(C(F)(F)F)cc2)C[C@@H]3C)cc1C#N. The number of amides is 2. The molecule has 8 nitrogen and oxygen atoms in total. The highest BCUT2D eigenvalue weighted by Gasteiger charge is 2.36. The summed E-state index contributed by atoms with van der Waals surface area (Å²) in [5.41, 5.74) is 0.00855. The van der Waals surface area contributed by atoms with Gasteiger partial charge in [0.15, 0.2) is 0 Å². The van der Waals surface area contributed by atoms with Crippen molar-refractivity contribution in [3.8, 4) is 11.8 Å². The molecule has 0 unspecified atom stereocenters. The van der Waals surface area contributed by atoms with E-state index in [1.54, 1.807) is 13.0 Å². The summed E-state index contributed by atoms with van der Waals surface area (Å²) in [6.45, 7) is 1.95. The fourth-order valence-electron chi connectivity index (χ4n) is 3.75. The molecule has 1 aromatic heterocycles. The van der Waals surface area contributed by atoms with Crippen molar-refractivity contribution in [2.24, 2.45) is 0 Å². The molecule has 0 bridgehead atoms. The number of nitrogens with zero attached hydrogens (tertiary/aromatic N) is 4. The number of carbonyl (C=O) groups excluding carboxylic acids is 2. The minimum Gasteiger partial charge on any atom is -0.495 e. The number of aromatic nitrogens is 2. The molecule has 0 saturated heterocycles. The van der Waals surface area contributed by atoms with Crippen LogP contribution in [0.5, 0.6) is 5.75 Å². The highest BCUT2D eigenvalue weighted by atomic mass is 19.4. The molecular formula is C23H18F3N5O3. The van der Waals surface area contributed by atoms with Crippen LogP contribution in [-0.2, 0) is 6.18 Å². The van der Waals surface area contributed by atoms with Crippen LogP contribution >= 0.6 is 0 Å². The Bertz CT molecular complexity index is 1310. The van der Waals surface area contributed by atoms with Crippen molar-refractivity contribution in [2.75, 3.05) is 23.9 Å². The Hall–Kier alpha value is -4.33. The molecule has 2 aromatic carbocycles. The van der Waals surface area contributed by atoms with Gasteiger partial charge in [-0.3, -0.25) is 14.3 Å². The molecule has 1 aliphatic rings. The number of methoxy groups -OCH3 is 1. The number of rotatable bonds is 4. The summed E-state index contributed by atoms with van der Waals surface area (Å²) in [5, 5.41) is 16.1. The lowest BCUT2D eigenvalue weighted by molar-refractivity contribution is -0.137. The number of carbonyl (C=O) groups is 2. The number of nitrogens with one attached hydrogen (secondary N) is 1. The number of hydrogen-bond acceptors (Lipinski definition) is 5. The molecule has 174 valence electrons. The molecule has 1 atom stereocenters. The number of alkyl halides is 3. The molecule has 4 rings (SSSR count). The van der Waals surface area contributed by atoms with Gasteiger partial charge in [-0.05, 0) is 49.4 Å². The second kappa shape index (κ2) is 8.55. The fourth-order valence-corrected chi connectivity index (χ4v) is 3.75. The lowest BCUT2D eigenvalue weighted by Crippen LogP contribution is -2.43. The lowest BCUT2D eigenvalue weighted by atomic mass is 10.1. The highest BCUT2D eigenvalue weighted by Crippen LogP contribution is 2.33. The van der Waals surface area contributed by atoms with E-state index in [-0.39, 0.29) is 35.1 Å². The Labute approximate surface area is 192 Å². The third-order valence-electron chi connectivity index (χ3n) is 5.44. The summed E-state index contributed by atoms with van der Waals surface area (Å²) >= 11 is 0. The zero-order valence-electron chi connectivity index (χ0n) is 18.1. The molecule has 3 aromatic rings. The molecular weight excluding hydrogens is 451 g/mol. The van der Waals surface area contributed by atoms with E-state index < -0.39 is 23.6 Å². The van der Waals surface area contributed by atoms with Crippen LogP contribution in [-0.4, -0.2) is 35.2 Å². The molecule has 0 saturated carbocycles. The van der Waals surface area contributed by atoms with Gasteiger partial charge in [-0.1, -0.05) is 0 Å². The van der Waals surface area contributed by atoms with E-state index in [9.17, 15) is 28.0 Å². The van der Waals surface area contributed by atoms with Gasteiger partial charge in [-0.2, -0.15) is 23.5 Å². The second-order valence-electron chi connectivity index (χ2n) is 7.64. The molecule has 0 spiro atoms. The number of ether oxygens (including phenoxy) is 1. The quantitative estimate of drug-likeness (QED) is 0.616. The van der Waals surface area contributed by atoms with Crippen LogP contribution in [0.15, 0.2) is 48.7 Å². The van der Waals surface area contributed by atoms with Crippen LogP contribution in [0.1, 0.15) is 44.9 Å². The van der Waals surface area contributed by atoms with E-state index in [0.717, 1.165) is 12.1 Å². The number of halogens is 3. The van der Waals surface area contributed by atoms with Gasteiger partial charge in [-0.15, -0.1) is 0 Å². The fraction of sp³-hybridized carbons (Fsp3) is 0.217. The van der Waals surface area contributed by atoms with Gasteiger partial charge in [0.25, 0.3) is 11.8 Å².